The summed E-state index contributed by atoms with van der Waals surface area (Å²) in [6.07, 6.45) is 2.25. The first-order valence-electron chi connectivity index (χ1n) is 14.2. The van der Waals surface area contributed by atoms with E-state index in [9.17, 15) is 0 Å². The first kappa shape index (κ1) is 36.9. The van der Waals surface area contributed by atoms with Crippen LogP contribution in [0.3, 0.4) is 0 Å². The van der Waals surface area contributed by atoms with Gasteiger partial charge in [-0.25, -0.2) is 9.98 Å². The van der Waals surface area contributed by atoms with Crippen LogP contribution in [0.1, 0.15) is 72.9 Å². The average molecular weight is 721 g/mol. The number of halogens is 2. The third-order valence-corrected chi connectivity index (χ3v) is 8.69. The zero-order valence-corrected chi connectivity index (χ0v) is 29.3. The van der Waals surface area contributed by atoms with E-state index in [2.05, 4.69) is 116 Å². The minimum absolute atomic E-state index is 0. The summed E-state index contributed by atoms with van der Waals surface area (Å²) in [6.45, 7) is 18.1. The van der Waals surface area contributed by atoms with E-state index >= 15 is 0 Å². The summed E-state index contributed by atoms with van der Waals surface area (Å²) in [6, 6.07) is 21.4. The largest absolute Gasteiger partial charge is 2.00 e. The molecular formula is C33H46Br2N2NiO2. The van der Waals surface area contributed by atoms with Crippen LogP contribution < -0.4 is 34.0 Å². The zero-order valence-electron chi connectivity index (χ0n) is 25.1. The van der Waals surface area contributed by atoms with E-state index in [0.717, 1.165) is 24.6 Å². The fraction of sp³-hybridized carbons (Fsp3) is 0.576. The van der Waals surface area contributed by atoms with Crippen molar-refractivity contribution in [3.8, 4) is 0 Å². The first-order valence-corrected chi connectivity index (χ1v) is 14.2. The van der Waals surface area contributed by atoms with E-state index in [4.69, 9.17) is 19.5 Å². The molecule has 7 heteroatoms. The van der Waals surface area contributed by atoms with Gasteiger partial charge in [-0.15, -0.1) is 0 Å². The molecule has 2 aromatic carbocycles. The van der Waals surface area contributed by atoms with Crippen molar-refractivity contribution in [1.82, 2.24) is 0 Å². The molecule has 0 saturated carbocycles. The Morgan fingerprint density at radius 2 is 0.875 bits per heavy atom. The Morgan fingerprint density at radius 3 is 1.15 bits per heavy atom. The Hall–Kier alpha value is -1.17. The van der Waals surface area contributed by atoms with Crippen molar-refractivity contribution in [3.05, 3.63) is 71.8 Å². The van der Waals surface area contributed by atoms with Crippen LogP contribution >= 0.6 is 0 Å². The Bertz CT molecular complexity index is 1000. The van der Waals surface area contributed by atoms with Crippen molar-refractivity contribution in [3.63, 3.8) is 0 Å². The second kappa shape index (κ2) is 15.3. The van der Waals surface area contributed by atoms with Gasteiger partial charge in [0.1, 0.15) is 11.2 Å². The van der Waals surface area contributed by atoms with E-state index in [1.54, 1.807) is 0 Å². The second-order valence-electron chi connectivity index (χ2n) is 12.2. The SMILES string of the molecule is CC(C)C1(C(C)C)OC(CC2=N[C@H](Cc3ccccc3)C(C(C)C)(C(C)C)O2)=N[C@@H]1Cc1ccccc1.[Br-].[Br-].[Ni+2]. The maximum atomic E-state index is 6.85. The van der Waals surface area contributed by atoms with Gasteiger partial charge in [-0.3, -0.25) is 0 Å². The minimum Gasteiger partial charge on any atom is -1.00 e. The van der Waals surface area contributed by atoms with Gasteiger partial charge in [0.15, 0.2) is 11.8 Å². The van der Waals surface area contributed by atoms with Gasteiger partial charge in [0.05, 0.1) is 18.5 Å². The molecule has 40 heavy (non-hydrogen) atoms. The van der Waals surface area contributed by atoms with Gasteiger partial charge in [-0.05, 0) is 47.6 Å². The molecule has 0 spiro atoms. The van der Waals surface area contributed by atoms with Gasteiger partial charge in [0.2, 0.25) is 0 Å². The molecule has 0 unspecified atom stereocenters. The van der Waals surface area contributed by atoms with Gasteiger partial charge in [0, 0.05) is 0 Å². The van der Waals surface area contributed by atoms with Crippen LogP contribution in [0.4, 0.5) is 0 Å². The summed E-state index contributed by atoms with van der Waals surface area (Å²) in [7, 11) is 0. The van der Waals surface area contributed by atoms with Crippen molar-refractivity contribution in [1.29, 1.82) is 0 Å². The summed E-state index contributed by atoms with van der Waals surface area (Å²) >= 11 is 0. The van der Waals surface area contributed by atoms with Crippen molar-refractivity contribution in [2.45, 2.75) is 97.9 Å². The number of hydrogen-bond acceptors (Lipinski definition) is 4. The second-order valence-corrected chi connectivity index (χ2v) is 12.2. The van der Waals surface area contributed by atoms with Crippen molar-refractivity contribution < 1.29 is 59.9 Å². The van der Waals surface area contributed by atoms with E-state index in [1.807, 2.05) is 0 Å². The van der Waals surface area contributed by atoms with Crippen LogP contribution in [0.15, 0.2) is 70.6 Å². The van der Waals surface area contributed by atoms with Gasteiger partial charge in [0.25, 0.3) is 0 Å². The number of hydrogen-bond donors (Lipinski definition) is 0. The number of nitrogens with zero attached hydrogens (tertiary/aromatic N) is 2. The molecule has 0 bridgehead atoms. The van der Waals surface area contributed by atoms with Crippen LogP contribution in [0.2, 0.25) is 0 Å². The predicted octanol–water partition coefficient (Wildman–Crippen LogP) is 1.56. The molecule has 0 aromatic heterocycles. The molecular weight excluding hydrogens is 675 g/mol. The minimum atomic E-state index is -0.346. The molecule has 2 aromatic rings. The molecule has 2 aliphatic rings. The molecule has 2 atom stereocenters. The molecule has 224 valence electrons. The molecule has 0 fully saturated rings. The van der Waals surface area contributed by atoms with Crippen molar-refractivity contribution in [2.24, 2.45) is 33.7 Å². The van der Waals surface area contributed by atoms with Gasteiger partial charge in [-0.1, -0.05) is 116 Å². The molecule has 0 N–H and O–H groups in total. The Morgan fingerprint density at radius 1 is 0.575 bits per heavy atom. The fourth-order valence-corrected chi connectivity index (χ4v) is 6.87. The van der Waals surface area contributed by atoms with Crippen LogP contribution in [0.25, 0.3) is 0 Å². The normalized spacial score (nSPS) is 20.7. The topological polar surface area (TPSA) is 43.2 Å². The smallest absolute Gasteiger partial charge is 1.00 e. The molecule has 2 aliphatic heterocycles. The maximum absolute atomic E-state index is 6.85. The summed E-state index contributed by atoms with van der Waals surface area (Å²) in [4.78, 5) is 10.4. The number of benzene rings is 2. The molecule has 4 rings (SSSR count). The van der Waals surface area contributed by atoms with E-state index in [-0.39, 0.29) is 73.7 Å². The molecule has 0 aliphatic carbocycles. The third-order valence-electron chi connectivity index (χ3n) is 8.69. The monoisotopic (exact) mass is 718 g/mol. The molecule has 2 heterocycles. The van der Waals surface area contributed by atoms with Gasteiger partial charge < -0.3 is 43.4 Å². The molecule has 4 nitrogen and oxygen atoms in total. The maximum Gasteiger partial charge on any atom is 2.00 e. The van der Waals surface area contributed by atoms with Crippen molar-refractivity contribution in [2.75, 3.05) is 0 Å². The van der Waals surface area contributed by atoms with Crippen LogP contribution in [0, 0.1) is 23.7 Å². The Labute approximate surface area is 273 Å². The standard InChI is InChI=1S/C33H46N2O2.2BrH.Ni/c1-22(2)32(23(3)4)28(19-26-15-11-9-12-16-26)34-30(36-32)21-31-35-29(20-27-17-13-10-14-18-27)33(37-31,24(5)6)25(7)8;;;/h9-18,22-25,28-29H,19-21H2,1-8H3;2*1H;/q;;;+2/p-2/t28-,29-;;;/m1.../s1. The van der Waals surface area contributed by atoms with E-state index < -0.39 is 0 Å². The number of ether oxygens (including phenoxy) is 2. The summed E-state index contributed by atoms with van der Waals surface area (Å²) in [5.74, 6) is 2.83. The number of aliphatic imine (C=N–C) groups is 2. The van der Waals surface area contributed by atoms with E-state index in [1.165, 1.54) is 11.1 Å². The first-order chi connectivity index (χ1) is 17.6. The van der Waals surface area contributed by atoms with Crippen LogP contribution in [0.5, 0.6) is 0 Å². The summed E-state index contributed by atoms with van der Waals surface area (Å²) < 4.78 is 13.7. The molecule has 0 radical (unpaired) electrons. The predicted molar refractivity (Wildman–Crippen MR) is 154 cm³/mol. The van der Waals surface area contributed by atoms with Crippen molar-refractivity contribution >= 4 is 11.8 Å². The quantitative estimate of drug-likeness (QED) is 0.350. The van der Waals surface area contributed by atoms with Gasteiger partial charge >= 0.3 is 16.5 Å². The number of rotatable bonds is 10. The zero-order chi connectivity index (χ0) is 26.8. The molecule has 0 saturated heterocycles. The third kappa shape index (κ3) is 7.24. The average Bonchev–Trinajstić information content (AvgIpc) is 3.40. The van der Waals surface area contributed by atoms with Crippen LogP contribution in [-0.2, 0) is 38.8 Å². The summed E-state index contributed by atoms with van der Waals surface area (Å²) in [5.41, 5.74) is 1.90. The van der Waals surface area contributed by atoms with Crippen LogP contribution in [-0.4, -0.2) is 35.1 Å². The Kier molecular flexibility index (Phi) is 14.1. The molecule has 0 amide bonds. The van der Waals surface area contributed by atoms with E-state index in [0.29, 0.717) is 30.1 Å². The summed E-state index contributed by atoms with van der Waals surface area (Å²) in [5, 5.41) is 0. The Balaban J connectivity index is 0.00000267. The fourth-order valence-electron chi connectivity index (χ4n) is 6.87. The van der Waals surface area contributed by atoms with Gasteiger partial charge in [-0.2, -0.15) is 0 Å².